The Morgan fingerprint density at radius 3 is 2.62 bits per heavy atom. The van der Waals surface area contributed by atoms with Crippen molar-refractivity contribution in [3.8, 4) is 0 Å². The van der Waals surface area contributed by atoms with Crippen molar-refractivity contribution in [3.05, 3.63) is 34.7 Å². The Labute approximate surface area is 173 Å². The van der Waals surface area contributed by atoms with E-state index in [1.165, 1.54) is 12.1 Å². The Bertz CT molecular complexity index is 777. The van der Waals surface area contributed by atoms with Gasteiger partial charge in [0.1, 0.15) is 0 Å². The van der Waals surface area contributed by atoms with Crippen molar-refractivity contribution >= 4 is 29.3 Å². The van der Waals surface area contributed by atoms with Gasteiger partial charge in [-0.1, -0.05) is 25.6 Å². The van der Waals surface area contributed by atoms with Crippen LogP contribution in [-0.2, 0) is 15.8 Å². The molecule has 0 fully saturated rings. The molecule has 0 spiro atoms. The maximum absolute atomic E-state index is 12.8. The van der Waals surface area contributed by atoms with Gasteiger partial charge in [0.05, 0.1) is 16.2 Å². The van der Waals surface area contributed by atoms with Gasteiger partial charge >= 0.3 is 6.18 Å². The molecule has 1 aliphatic rings. The highest BCUT2D eigenvalue weighted by molar-refractivity contribution is 8.04. The summed E-state index contributed by atoms with van der Waals surface area (Å²) in [6, 6.07) is 3.10. The molecule has 0 saturated carbocycles. The van der Waals surface area contributed by atoms with Crippen molar-refractivity contribution < 1.29 is 22.8 Å². The maximum atomic E-state index is 12.8. The molecule has 0 saturated heterocycles. The first-order valence-electron chi connectivity index (χ1n) is 9.59. The van der Waals surface area contributed by atoms with Gasteiger partial charge in [-0.25, -0.2) is 0 Å². The minimum atomic E-state index is -4.48. The fourth-order valence-electron chi connectivity index (χ4n) is 2.97. The highest BCUT2D eigenvalue weighted by atomic mass is 32.2. The lowest BCUT2D eigenvalue weighted by Crippen LogP contribution is -2.33. The standard InChI is InChI=1S/C20H26F3N3O2S/c1-4-26(5-2)10-6-7-13(3)24-18(27)12-17-19(28)25-15-11-14(20(21,22)23)8-9-16(15)29-17/h8-9,11-13H,4-7,10H2,1-3H3,(H,24,27)(H,25,28)/b17-12+/t13-/m1/s1. The van der Waals surface area contributed by atoms with E-state index < -0.39 is 23.6 Å². The number of nitrogens with zero attached hydrogens (tertiary/aromatic N) is 1. The number of fused-ring (bicyclic) bond motifs is 1. The second-order valence-corrected chi connectivity index (χ2v) is 7.94. The first kappa shape index (κ1) is 23.3. The molecule has 1 heterocycles. The Morgan fingerprint density at radius 1 is 1.31 bits per heavy atom. The zero-order valence-electron chi connectivity index (χ0n) is 16.7. The van der Waals surface area contributed by atoms with Crippen LogP contribution in [0.1, 0.15) is 39.2 Å². The van der Waals surface area contributed by atoms with Gasteiger partial charge in [-0.05, 0) is 57.6 Å². The summed E-state index contributed by atoms with van der Waals surface area (Å²) in [6.45, 7) is 9.05. The maximum Gasteiger partial charge on any atom is 0.416 e. The number of hydrogen-bond donors (Lipinski definition) is 2. The third-order valence-electron chi connectivity index (χ3n) is 4.66. The first-order chi connectivity index (χ1) is 13.6. The number of amides is 2. The number of carbonyl (C=O) groups is 2. The molecule has 1 aliphatic heterocycles. The summed E-state index contributed by atoms with van der Waals surface area (Å²) in [5.74, 6) is -0.987. The van der Waals surface area contributed by atoms with Crippen LogP contribution in [0.3, 0.4) is 0 Å². The monoisotopic (exact) mass is 429 g/mol. The summed E-state index contributed by atoms with van der Waals surface area (Å²) < 4.78 is 38.4. The average molecular weight is 430 g/mol. The highest BCUT2D eigenvalue weighted by Gasteiger charge is 2.32. The molecule has 5 nitrogen and oxygen atoms in total. The van der Waals surface area contributed by atoms with Crippen molar-refractivity contribution in [1.82, 2.24) is 10.2 Å². The minimum Gasteiger partial charge on any atom is -0.350 e. The van der Waals surface area contributed by atoms with Crippen molar-refractivity contribution in [2.24, 2.45) is 0 Å². The van der Waals surface area contributed by atoms with Crippen molar-refractivity contribution in [2.75, 3.05) is 25.0 Å². The number of thioether (sulfide) groups is 1. The first-order valence-corrected chi connectivity index (χ1v) is 10.4. The van der Waals surface area contributed by atoms with Crippen LogP contribution in [0.2, 0.25) is 0 Å². The topological polar surface area (TPSA) is 61.4 Å². The number of rotatable bonds is 8. The molecule has 1 aromatic carbocycles. The predicted octanol–water partition coefficient (Wildman–Crippen LogP) is 4.26. The number of hydrogen-bond acceptors (Lipinski definition) is 4. The van der Waals surface area contributed by atoms with Gasteiger partial charge < -0.3 is 15.5 Å². The van der Waals surface area contributed by atoms with Crippen LogP contribution < -0.4 is 10.6 Å². The Morgan fingerprint density at radius 2 is 2.00 bits per heavy atom. The fourth-order valence-corrected chi connectivity index (χ4v) is 3.88. The summed E-state index contributed by atoms with van der Waals surface area (Å²) in [5, 5.41) is 5.26. The average Bonchev–Trinajstić information content (AvgIpc) is 2.64. The van der Waals surface area contributed by atoms with Crippen LogP contribution in [0.4, 0.5) is 18.9 Å². The van der Waals surface area contributed by atoms with Crippen molar-refractivity contribution in [1.29, 1.82) is 0 Å². The molecular weight excluding hydrogens is 403 g/mol. The molecule has 9 heteroatoms. The van der Waals surface area contributed by atoms with Gasteiger partial charge in [0.15, 0.2) is 0 Å². The number of anilines is 1. The molecule has 2 rings (SSSR count). The largest absolute Gasteiger partial charge is 0.416 e. The number of benzene rings is 1. The lowest BCUT2D eigenvalue weighted by atomic mass is 10.1. The van der Waals surface area contributed by atoms with Gasteiger partial charge in [-0.3, -0.25) is 9.59 Å². The smallest absolute Gasteiger partial charge is 0.350 e. The number of nitrogens with one attached hydrogen (secondary N) is 2. The third kappa shape index (κ3) is 6.78. The molecule has 1 aromatic rings. The van der Waals surface area contributed by atoms with Gasteiger partial charge in [0, 0.05) is 17.0 Å². The van der Waals surface area contributed by atoms with Gasteiger partial charge in [-0.15, -0.1) is 0 Å². The molecule has 0 bridgehead atoms. The molecule has 0 unspecified atom stereocenters. The van der Waals surface area contributed by atoms with E-state index in [2.05, 4.69) is 29.4 Å². The number of carbonyl (C=O) groups excluding carboxylic acids is 2. The molecule has 2 amide bonds. The zero-order valence-corrected chi connectivity index (χ0v) is 17.5. The van der Waals surface area contributed by atoms with Crippen LogP contribution in [0, 0.1) is 0 Å². The molecule has 0 radical (unpaired) electrons. The summed E-state index contributed by atoms with van der Waals surface area (Å²) in [4.78, 5) is 27.3. The summed E-state index contributed by atoms with van der Waals surface area (Å²) in [6.07, 6.45) is -1.53. The van der Waals surface area contributed by atoms with Gasteiger partial charge in [0.2, 0.25) is 5.91 Å². The highest BCUT2D eigenvalue weighted by Crippen LogP contribution is 2.41. The van der Waals surface area contributed by atoms with Gasteiger partial charge in [-0.2, -0.15) is 13.2 Å². The Kier molecular flexibility index (Phi) is 8.15. The van der Waals surface area contributed by atoms with E-state index in [1.807, 2.05) is 6.92 Å². The SMILES string of the molecule is CCN(CC)CCC[C@@H](C)NC(=O)/C=C1/Sc2ccc(C(F)(F)F)cc2NC1=O. The van der Waals surface area contributed by atoms with E-state index in [-0.39, 0.29) is 16.6 Å². The summed E-state index contributed by atoms with van der Waals surface area (Å²) in [5.41, 5.74) is -0.738. The van der Waals surface area contributed by atoms with E-state index in [0.717, 1.165) is 56.4 Å². The second kappa shape index (κ2) is 10.2. The normalized spacial score (nSPS) is 16.5. The number of alkyl halides is 3. The molecule has 160 valence electrons. The Balaban J connectivity index is 1.95. The lowest BCUT2D eigenvalue weighted by molar-refractivity contribution is -0.137. The van der Waals surface area contributed by atoms with Crippen LogP contribution in [0.25, 0.3) is 0 Å². The predicted molar refractivity (Wildman–Crippen MR) is 109 cm³/mol. The lowest BCUT2D eigenvalue weighted by Gasteiger charge is -2.21. The van der Waals surface area contributed by atoms with E-state index in [9.17, 15) is 22.8 Å². The molecule has 0 aliphatic carbocycles. The summed E-state index contributed by atoms with van der Waals surface area (Å²) in [7, 11) is 0. The molecule has 2 N–H and O–H groups in total. The number of halogens is 3. The molecular formula is C20H26F3N3O2S. The van der Waals surface area contributed by atoms with Crippen LogP contribution in [0.5, 0.6) is 0 Å². The van der Waals surface area contributed by atoms with E-state index in [0.29, 0.717) is 4.90 Å². The van der Waals surface area contributed by atoms with E-state index in [1.54, 1.807) is 0 Å². The summed E-state index contributed by atoms with van der Waals surface area (Å²) >= 11 is 0.982. The Hall–Kier alpha value is -2.00. The molecule has 1 atom stereocenters. The van der Waals surface area contributed by atoms with E-state index in [4.69, 9.17) is 0 Å². The fraction of sp³-hybridized carbons (Fsp3) is 0.500. The van der Waals surface area contributed by atoms with Gasteiger partial charge in [0.25, 0.3) is 5.91 Å². The van der Waals surface area contributed by atoms with Crippen LogP contribution >= 0.6 is 11.8 Å². The minimum absolute atomic E-state index is 0.0480. The van der Waals surface area contributed by atoms with Crippen LogP contribution in [-0.4, -0.2) is 42.4 Å². The van der Waals surface area contributed by atoms with E-state index >= 15 is 0 Å². The quantitative estimate of drug-likeness (QED) is 0.606. The zero-order chi connectivity index (χ0) is 21.6. The molecule has 29 heavy (non-hydrogen) atoms. The van der Waals surface area contributed by atoms with Crippen molar-refractivity contribution in [3.63, 3.8) is 0 Å². The molecule has 0 aromatic heterocycles. The third-order valence-corrected chi connectivity index (χ3v) is 5.75. The second-order valence-electron chi connectivity index (χ2n) is 6.85. The van der Waals surface area contributed by atoms with Crippen molar-refractivity contribution in [2.45, 2.75) is 50.7 Å². The van der Waals surface area contributed by atoms with Crippen LogP contribution in [0.15, 0.2) is 34.1 Å².